The van der Waals surface area contributed by atoms with E-state index in [2.05, 4.69) is 21.1 Å². The van der Waals surface area contributed by atoms with Gasteiger partial charge in [-0.3, -0.25) is 4.79 Å². The molecule has 1 aliphatic rings. The first-order valence-corrected chi connectivity index (χ1v) is 14.2. The number of nitrogens with zero attached hydrogens (tertiary/aromatic N) is 3. The van der Waals surface area contributed by atoms with Crippen molar-refractivity contribution in [2.45, 2.75) is 39.8 Å². The number of aryl methyl sites for hydroxylation is 2. The lowest BCUT2D eigenvalue weighted by atomic mass is 10.0. The number of methoxy groups -OCH3 is 1. The minimum Gasteiger partial charge on any atom is -0.491 e. The summed E-state index contributed by atoms with van der Waals surface area (Å²) in [6.45, 7) is 8.04. The van der Waals surface area contributed by atoms with E-state index in [1.165, 1.54) is 0 Å². The predicted octanol–water partition coefficient (Wildman–Crippen LogP) is 5.63. The number of hydrogen-bond donors (Lipinski definition) is 3. The standard InChI is InChI=1S/C30H37ClN6O6/c1-17-14-37(30(40)34-27-19(3)35-43-20(27)4)18(2)16-42-25-12-11-23(13-24(25)28(38)36(5)15-26(17)41-6)33-29(39)32-22-9-7-21(31)8-10-22/h7-13,17-18,26H,14-16H2,1-6H3,(H,34,40)(H2,32,33,39)/t17-,18+,26-/m1/s1. The van der Waals surface area contributed by atoms with Crippen molar-refractivity contribution in [3.8, 4) is 5.75 Å². The fourth-order valence-electron chi connectivity index (χ4n) is 4.80. The minimum atomic E-state index is -0.487. The highest BCUT2D eigenvalue weighted by Crippen LogP contribution is 2.27. The topological polar surface area (TPSA) is 138 Å². The molecule has 3 atom stereocenters. The maximum atomic E-state index is 13.6. The zero-order valence-corrected chi connectivity index (χ0v) is 25.8. The van der Waals surface area contributed by atoms with Crippen molar-refractivity contribution < 1.29 is 28.4 Å². The lowest BCUT2D eigenvalue weighted by Crippen LogP contribution is -2.50. The summed E-state index contributed by atoms with van der Waals surface area (Å²) in [5.41, 5.74) is 2.31. The highest BCUT2D eigenvalue weighted by molar-refractivity contribution is 6.30. The first kappa shape index (κ1) is 31.6. The zero-order chi connectivity index (χ0) is 31.3. The lowest BCUT2D eigenvalue weighted by molar-refractivity contribution is 0.0174. The second-order valence-electron chi connectivity index (χ2n) is 10.7. The van der Waals surface area contributed by atoms with Crippen LogP contribution in [-0.4, -0.2) is 78.9 Å². The average Bonchev–Trinajstić information content (AvgIpc) is 3.29. The van der Waals surface area contributed by atoms with Crippen molar-refractivity contribution in [1.29, 1.82) is 0 Å². The summed E-state index contributed by atoms with van der Waals surface area (Å²) in [4.78, 5) is 43.0. The molecule has 230 valence electrons. The molecule has 1 aromatic heterocycles. The molecule has 12 nitrogen and oxygen atoms in total. The van der Waals surface area contributed by atoms with Crippen LogP contribution in [0.25, 0.3) is 0 Å². The van der Waals surface area contributed by atoms with Gasteiger partial charge in [0.25, 0.3) is 5.91 Å². The average molecular weight is 613 g/mol. The van der Waals surface area contributed by atoms with E-state index in [0.717, 1.165) is 0 Å². The van der Waals surface area contributed by atoms with Crippen LogP contribution in [-0.2, 0) is 4.74 Å². The zero-order valence-electron chi connectivity index (χ0n) is 25.1. The molecule has 0 fully saturated rings. The van der Waals surface area contributed by atoms with Crippen molar-refractivity contribution in [2.75, 3.05) is 49.8 Å². The minimum absolute atomic E-state index is 0.104. The number of halogens is 1. The monoisotopic (exact) mass is 612 g/mol. The van der Waals surface area contributed by atoms with Crippen molar-refractivity contribution >= 4 is 46.6 Å². The van der Waals surface area contributed by atoms with Gasteiger partial charge in [0, 0.05) is 49.6 Å². The Morgan fingerprint density at radius 3 is 2.35 bits per heavy atom. The van der Waals surface area contributed by atoms with Gasteiger partial charge in [-0.15, -0.1) is 0 Å². The smallest absolute Gasteiger partial charge is 0.323 e. The van der Waals surface area contributed by atoms with Crippen LogP contribution in [0.1, 0.15) is 35.7 Å². The summed E-state index contributed by atoms with van der Waals surface area (Å²) in [6, 6.07) is 10.3. The molecule has 4 rings (SSSR count). The Labute approximate surface area is 255 Å². The molecule has 0 bridgehead atoms. The molecule has 0 saturated heterocycles. The van der Waals surface area contributed by atoms with E-state index in [1.807, 2.05) is 13.8 Å². The van der Waals surface area contributed by atoms with Gasteiger partial charge in [-0.1, -0.05) is 23.7 Å². The van der Waals surface area contributed by atoms with Crippen molar-refractivity contribution in [2.24, 2.45) is 5.92 Å². The van der Waals surface area contributed by atoms with Crippen molar-refractivity contribution in [1.82, 2.24) is 15.0 Å². The number of aromatic nitrogens is 1. The van der Waals surface area contributed by atoms with Crippen LogP contribution in [0.2, 0.25) is 5.02 Å². The molecule has 2 heterocycles. The quantitative estimate of drug-likeness (QED) is 0.347. The third-order valence-corrected chi connectivity index (χ3v) is 7.58. The SMILES string of the molecule is CO[C@@H]1CN(C)C(=O)c2cc(NC(=O)Nc3ccc(Cl)cc3)ccc2OC[C@H](C)N(C(=O)Nc2c(C)noc2C)C[C@H]1C. The van der Waals surface area contributed by atoms with Crippen LogP contribution < -0.4 is 20.7 Å². The molecule has 0 saturated carbocycles. The molecule has 43 heavy (non-hydrogen) atoms. The number of carbonyl (C=O) groups is 3. The summed E-state index contributed by atoms with van der Waals surface area (Å²) in [5, 5.41) is 12.9. The summed E-state index contributed by atoms with van der Waals surface area (Å²) >= 11 is 5.92. The Morgan fingerprint density at radius 2 is 1.70 bits per heavy atom. The van der Waals surface area contributed by atoms with Gasteiger partial charge in [-0.05, 0) is 63.2 Å². The highest BCUT2D eigenvalue weighted by Gasteiger charge is 2.31. The summed E-state index contributed by atoms with van der Waals surface area (Å²) in [7, 11) is 3.26. The molecule has 3 aromatic rings. The van der Waals surface area contributed by atoms with Crippen LogP contribution in [0, 0.1) is 19.8 Å². The maximum Gasteiger partial charge on any atom is 0.323 e. The van der Waals surface area contributed by atoms with Gasteiger partial charge in [0.05, 0.1) is 17.7 Å². The Hall–Kier alpha value is -4.29. The number of amides is 5. The molecule has 5 amide bonds. The number of likely N-dealkylation sites (N-methyl/N-ethyl adjacent to an activating group) is 1. The molecule has 0 spiro atoms. The fraction of sp³-hybridized carbons (Fsp3) is 0.400. The first-order chi connectivity index (χ1) is 20.5. The molecular weight excluding hydrogens is 576 g/mol. The number of ether oxygens (including phenoxy) is 2. The molecule has 1 aliphatic heterocycles. The highest BCUT2D eigenvalue weighted by atomic mass is 35.5. The Kier molecular flexibility index (Phi) is 10.1. The van der Waals surface area contributed by atoms with Gasteiger partial charge in [-0.2, -0.15) is 0 Å². The number of nitrogens with one attached hydrogen (secondary N) is 3. The molecule has 13 heteroatoms. The number of hydrogen-bond acceptors (Lipinski definition) is 7. The number of anilines is 3. The largest absolute Gasteiger partial charge is 0.491 e. The van der Waals surface area contributed by atoms with Gasteiger partial charge >= 0.3 is 12.1 Å². The van der Waals surface area contributed by atoms with E-state index in [-0.39, 0.29) is 48.7 Å². The number of rotatable bonds is 4. The van der Waals surface area contributed by atoms with E-state index < -0.39 is 6.03 Å². The Bertz CT molecular complexity index is 1440. The maximum absolute atomic E-state index is 13.6. The molecular formula is C30H37ClN6O6. The predicted molar refractivity (Wildman–Crippen MR) is 164 cm³/mol. The van der Waals surface area contributed by atoms with Crippen molar-refractivity contribution in [3.63, 3.8) is 0 Å². The normalized spacial score (nSPS) is 19.4. The first-order valence-electron chi connectivity index (χ1n) is 13.9. The Balaban J connectivity index is 1.59. The van der Waals surface area contributed by atoms with Gasteiger partial charge in [0.15, 0.2) is 5.76 Å². The van der Waals surface area contributed by atoms with E-state index in [1.54, 1.807) is 80.3 Å². The third-order valence-electron chi connectivity index (χ3n) is 7.33. The second kappa shape index (κ2) is 13.8. The van der Waals surface area contributed by atoms with Gasteiger partial charge in [0.2, 0.25) is 0 Å². The second-order valence-corrected chi connectivity index (χ2v) is 11.1. The summed E-state index contributed by atoms with van der Waals surface area (Å²) in [6.07, 6.45) is -0.370. The van der Waals surface area contributed by atoms with Crippen LogP contribution in [0.4, 0.5) is 26.7 Å². The summed E-state index contributed by atoms with van der Waals surface area (Å²) in [5.74, 6) is 0.391. The third kappa shape index (κ3) is 7.76. The van der Waals surface area contributed by atoms with E-state index in [9.17, 15) is 14.4 Å². The molecule has 3 N–H and O–H groups in total. The molecule has 0 radical (unpaired) electrons. The molecule has 0 aliphatic carbocycles. The lowest BCUT2D eigenvalue weighted by Gasteiger charge is -2.36. The molecule has 2 aromatic carbocycles. The van der Waals surface area contributed by atoms with Crippen LogP contribution in [0.5, 0.6) is 5.75 Å². The van der Waals surface area contributed by atoms with Crippen LogP contribution in [0.3, 0.4) is 0 Å². The number of benzene rings is 2. The fourth-order valence-corrected chi connectivity index (χ4v) is 4.93. The van der Waals surface area contributed by atoms with Gasteiger partial charge in [-0.25, -0.2) is 9.59 Å². The molecule has 0 unspecified atom stereocenters. The van der Waals surface area contributed by atoms with Gasteiger partial charge in [0.1, 0.15) is 23.7 Å². The van der Waals surface area contributed by atoms with E-state index in [0.29, 0.717) is 45.8 Å². The Morgan fingerprint density at radius 1 is 1.02 bits per heavy atom. The van der Waals surface area contributed by atoms with Crippen LogP contribution >= 0.6 is 11.6 Å². The summed E-state index contributed by atoms with van der Waals surface area (Å²) < 4.78 is 17.1. The van der Waals surface area contributed by atoms with E-state index >= 15 is 0 Å². The van der Waals surface area contributed by atoms with E-state index in [4.69, 9.17) is 25.6 Å². The van der Waals surface area contributed by atoms with Gasteiger partial charge < -0.3 is 39.7 Å². The van der Waals surface area contributed by atoms with Crippen LogP contribution in [0.15, 0.2) is 47.0 Å². The number of carbonyl (C=O) groups excluding carboxylic acids is 3. The number of fused-ring (bicyclic) bond motifs is 1. The number of urea groups is 2. The van der Waals surface area contributed by atoms with Crippen molar-refractivity contribution in [3.05, 3.63) is 64.5 Å².